The molecule has 15 heavy (non-hydrogen) atoms. The lowest BCUT2D eigenvalue weighted by atomic mass is 10.3. The van der Waals surface area contributed by atoms with Gasteiger partial charge in [-0.3, -0.25) is 0 Å². The number of pyridine rings is 1. The van der Waals surface area contributed by atoms with E-state index in [1.807, 2.05) is 0 Å². The van der Waals surface area contributed by atoms with E-state index in [-0.39, 0.29) is 6.07 Å². The maximum absolute atomic E-state index is 12.8. The predicted octanol–water partition coefficient (Wildman–Crippen LogP) is 2.22. The van der Waals surface area contributed by atoms with Crippen molar-refractivity contribution >= 4 is 19.7 Å². The zero-order valence-corrected chi connectivity index (χ0v) is 8.29. The highest BCUT2D eigenvalue weighted by Crippen LogP contribution is 2.25. The van der Waals surface area contributed by atoms with Crippen LogP contribution in [-0.2, 0) is 9.05 Å². The SMILES string of the molecule is O=S(=O)(Cl)c1nc(C(F)F)c(F)cc1F. The van der Waals surface area contributed by atoms with Gasteiger partial charge in [0.25, 0.3) is 15.5 Å². The number of alkyl halides is 2. The number of rotatable bonds is 2. The van der Waals surface area contributed by atoms with E-state index in [1.165, 1.54) is 0 Å². The summed E-state index contributed by atoms with van der Waals surface area (Å²) < 4.78 is 70.8. The van der Waals surface area contributed by atoms with Crippen molar-refractivity contribution in [2.75, 3.05) is 0 Å². The minimum atomic E-state index is -4.62. The Bertz CT molecular complexity index is 490. The Labute approximate surface area is 86.1 Å². The van der Waals surface area contributed by atoms with Gasteiger partial charge < -0.3 is 0 Å². The van der Waals surface area contributed by atoms with Crippen molar-refractivity contribution in [1.82, 2.24) is 4.98 Å². The summed E-state index contributed by atoms with van der Waals surface area (Å²) in [4.78, 5) is 2.62. The summed E-state index contributed by atoms with van der Waals surface area (Å²) in [5, 5.41) is -1.42. The molecule has 1 aromatic rings. The van der Waals surface area contributed by atoms with Crippen LogP contribution in [0.1, 0.15) is 12.1 Å². The van der Waals surface area contributed by atoms with E-state index in [9.17, 15) is 26.0 Å². The van der Waals surface area contributed by atoms with Crippen LogP contribution in [0.4, 0.5) is 17.6 Å². The van der Waals surface area contributed by atoms with E-state index in [4.69, 9.17) is 10.7 Å². The van der Waals surface area contributed by atoms with Gasteiger partial charge in [0.2, 0.25) is 5.03 Å². The second-order valence-corrected chi connectivity index (χ2v) is 4.86. The van der Waals surface area contributed by atoms with Crippen LogP contribution in [-0.4, -0.2) is 13.4 Å². The van der Waals surface area contributed by atoms with Crippen LogP contribution in [0.2, 0.25) is 0 Å². The van der Waals surface area contributed by atoms with Crippen molar-refractivity contribution in [3.8, 4) is 0 Å². The zero-order valence-electron chi connectivity index (χ0n) is 6.72. The summed E-state index contributed by atoms with van der Waals surface area (Å²) in [7, 11) is 0.0750. The quantitative estimate of drug-likeness (QED) is 0.607. The Balaban J connectivity index is 3.50. The van der Waals surface area contributed by atoms with Crippen molar-refractivity contribution in [3.63, 3.8) is 0 Å². The molecule has 0 saturated heterocycles. The van der Waals surface area contributed by atoms with Gasteiger partial charge >= 0.3 is 0 Å². The average Bonchev–Trinajstić information content (AvgIpc) is 2.00. The van der Waals surface area contributed by atoms with Gasteiger partial charge in [0.1, 0.15) is 5.69 Å². The highest BCUT2D eigenvalue weighted by molar-refractivity contribution is 8.13. The number of aromatic nitrogens is 1. The second kappa shape index (κ2) is 3.93. The Hall–Kier alpha value is -0.890. The molecular formula is C6H2ClF4NO2S. The molecule has 0 radical (unpaired) electrons. The van der Waals surface area contributed by atoms with Crippen molar-refractivity contribution in [2.24, 2.45) is 0 Å². The van der Waals surface area contributed by atoms with Crippen molar-refractivity contribution in [1.29, 1.82) is 0 Å². The van der Waals surface area contributed by atoms with Crippen LogP contribution in [0, 0.1) is 11.6 Å². The van der Waals surface area contributed by atoms with E-state index in [1.54, 1.807) is 0 Å². The van der Waals surface area contributed by atoms with Gasteiger partial charge in [0, 0.05) is 16.7 Å². The molecule has 0 saturated carbocycles. The first-order chi connectivity index (χ1) is 6.73. The summed E-state index contributed by atoms with van der Waals surface area (Å²) >= 11 is 0. The molecule has 0 aromatic carbocycles. The zero-order chi connectivity index (χ0) is 11.8. The van der Waals surface area contributed by atoms with Crippen LogP contribution < -0.4 is 0 Å². The summed E-state index contributed by atoms with van der Waals surface area (Å²) in [6.45, 7) is 0. The number of hydrogen-bond acceptors (Lipinski definition) is 3. The molecule has 1 rings (SSSR count). The molecule has 0 spiro atoms. The van der Waals surface area contributed by atoms with E-state index < -0.39 is 37.8 Å². The lowest BCUT2D eigenvalue weighted by Crippen LogP contribution is -2.06. The van der Waals surface area contributed by atoms with Gasteiger partial charge in [0.15, 0.2) is 11.6 Å². The van der Waals surface area contributed by atoms with Crippen molar-refractivity contribution in [2.45, 2.75) is 11.5 Å². The van der Waals surface area contributed by atoms with Crippen molar-refractivity contribution < 1.29 is 26.0 Å². The second-order valence-electron chi connectivity index (χ2n) is 2.38. The third-order valence-electron chi connectivity index (χ3n) is 1.36. The normalized spacial score (nSPS) is 12.1. The number of hydrogen-bond donors (Lipinski definition) is 0. The summed E-state index contributed by atoms with van der Waals surface area (Å²) in [6.07, 6.45) is -3.36. The van der Waals surface area contributed by atoms with Crippen LogP contribution in [0.25, 0.3) is 0 Å². The molecule has 0 fully saturated rings. The third-order valence-corrected chi connectivity index (χ3v) is 2.55. The molecule has 0 aliphatic heterocycles. The first-order valence-electron chi connectivity index (χ1n) is 3.32. The third kappa shape index (κ3) is 2.57. The maximum atomic E-state index is 12.8. The lowest BCUT2D eigenvalue weighted by molar-refractivity contribution is 0.139. The number of nitrogens with zero attached hydrogens (tertiary/aromatic N) is 1. The van der Waals surface area contributed by atoms with Crippen LogP contribution in [0.15, 0.2) is 11.1 Å². The minimum absolute atomic E-state index is 0.0102. The first-order valence-corrected chi connectivity index (χ1v) is 5.63. The molecule has 1 aromatic heterocycles. The monoisotopic (exact) mass is 263 g/mol. The molecule has 0 aliphatic rings. The van der Waals surface area contributed by atoms with Gasteiger partial charge in [-0.15, -0.1) is 0 Å². The number of halogens is 5. The smallest absolute Gasteiger partial charge is 0.228 e. The summed E-state index contributed by atoms with van der Waals surface area (Å²) in [6, 6.07) is -0.0102. The molecule has 3 nitrogen and oxygen atoms in total. The molecule has 0 bridgehead atoms. The van der Waals surface area contributed by atoms with E-state index in [0.717, 1.165) is 0 Å². The lowest BCUT2D eigenvalue weighted by Gasteiger charge is -2.03. The largest absolute Gasteiger partial charge is 0.283 e. The highest BCUT2D eigenvalue weighted by atomic mass is 35.7. The fourth-order valence-corrected chi connectivity index (χ4v) is 1.61. The van der Waals surface area contributed by atoms with Gasteiger partial charge in [-0.05, 0) is 0 Å². The topological polar surface area (TPSA) is 47.0 Å². The van der Waals surface area contributed by atoms with Gasteiger partial charge in [-0.1, -0.05) is 0 Å². The van der Waals surface area contributed by atoms with E-state index in [2.05, 4.69) is 4.98 Å². The maximum Gasteiger partial charge on any atom is 0.283 e. The molecule has 9 heteroatoms. The van der Waals surface area contributed by atoms with Crippen LogP contribution >= 0.6 is 10.7 Å². The Morgan fingerprint density at radius 2 is 1.80 bits per heavy atom. The van der Waals surface area contributed by atoms with Gasteiger partial charge in [-0.25, -0.2) is 31.0 Å². The average molecular weight is 264 g/mol. The Morgan fingerprint density at radius 3 is 2.20 bits per heavy atom. The molecule has 0 unspecified atom stereocenters. The molecule has 0 amide bonds. The minimum Gasteiger partial charge on any atom is -0.228 e. The standard InChI is InChI=1S/C6H2ClF4NO2S/c7-15(13,14)6-3(9)1-2(8)4(12-6)5(10)11/h1,5H. The molecule has 1 heterocycles. The molecule has 84 valence electrons. The molecule has 0 aliphatic carbocycles. The molecule has 0 atom stereocenters. The van der Waals surface area contributed by atoms with Crippen LogP contribution in [0.3, 0.4) is 0 Å². The molecule has 0 N–H and O–H groups in total. The fraction of sp³-hybridized carbons (Fsp3) is 0.167. The Kier molecular flexibility index (Phi) is 3.19. The summed E-state index contributed by atoms with van der Waals surface area (Å²) in [5.74, 6) is -3.25. The fourth-order valence-electron chi connectivity index (χ4n) is 0.787. The molecular weight excluding hydrogens is 262 g/mol. The van der Waals surface area contributed by atoms with Gasteiger partial charge in [-0.2, -0.15) is 0 Å². The highest BCUT2D eigenvalue weighted by Gasteiger charge is 2.25. The first kappa shape index (κ1) is 12.2. The van der Waals surface area contributed by atoms with Gasteiger partial charge in [0.05, 0.1) is 0 Å². The Morgan fingerprint density at radius 1 is 1.27 bits per heavy atom. The predicted molar refractivity (Wildman–Crippen MR) is 42.1 cm³/mol. The van der Waals surface area contributed by atoms with E-state index in [0.29, 0.717) is 0 Å². The van der Waals surface area contributed by atoms with Crippen LogP contribution in [0.5, 0.6) is 0 Å². The summed E-state index contributed by atoms with van der Waals surface area (Å²) in [5.41, 5.74) is -1.46. The van der Waals surface area contributed by atoms with Crippen molar-refractivity contribution in [3.05, 3.63) is 23.4 Å². The van der Waals surface area contributed by atoms with E-state index >= 15 is 0 Å².